The summed E-state index contributed by atoms with van der Waals surface area (Å²) in [7, 11) is 0. The molecule has 0 unspecified atom stereocenters. The van der Waals surface area contributed by atoms with Crippen LogP contribution in [0.5, 0.6) is 0 Å². The molecule has 0 aliphatic heterocycles. The first-order valence-corrected chi connectivity index (χ1v) is 8.53. The fourth-order valence-corrected chi connectivity index (χ4v) is 3.22. The van der Waals surface area contributed by atoms with E-state index < -0.39 is 0 Å². The Morgan fingerprint density at radius 2 is 1.86 bits per heavy atom. The van der Waals surface area contributed by atoms with E-state index >= 15 is 0 Å². The van der Waals surface area contributed by atoms with Crippen molar-refractivity contribution in [1.29, 1.82) is 0 Å². The Bertz CT molecular complexity index is 608. The number of rotatable bonds is 5. The minimum absolute atomic E-state index is 0.0490. The molecule has 112 valence electrons. The fraction of sp³-hybridized carbons (Fsp3) is 0.400. The summed E-state index contributed by atoms with van der Waals surface area (Å²) >= 11 is 2.97. The molecule has 0 saturated heterocycles. The summed E-state index contributed by atoms with van der Waals surface area (Å²) < 4.78 is 0. The first-order valence-electron chi connectivity index (χ1n) is 6.83. The number of aromatic nitrogens is 2. The van der Waals surface area contributed by atoms with Crippen LogP contribution >= 0.6 is 23.1 Å². The van der Waals surface area contributed by atoms with Crippen LogP contribution in [0, 0.1) is 6.92 Å². The number of anilines is 1. The number of nitrogens with one attached hydrogen (secondary N) is 1. The first kappa shape index (κ1) is 16.0. The van der Waals surface area contributed by atoms with Crippen molar-refractivity contribution in [2.24, 2.45) is 0 Å². The van der Waals surface area contributed by atoms with Gasteiger partial charge in [0.05, 0.1) is 5.25 Å². The maximum atomic E-state index is 12.2. The molecule has 0 radical (unpaired) electrons. The molecule has 1 aromatic heterocycles. The van der Waals surface area contributed by atoms with Gasteiger partial charge in [-0.2, -0.15) is 0 Å². The lowest BCUT2D eigenvalue weighted by molar-refractivity contribution is -0.115. The molecule has 1 aromatic carbocycles. The molecule has 2 aromatic rings. The predicted molar refractivity (Wildman–Crippen MR) is 89.1 cm³/mol. The number of amides is 1. The van der Waals surface area contributed by atoms with E-state index in [2.05, 4.69) is 29.4 Å². The average Bonchev–Trinajstić information content (AvgIpc) is 2.90. The van der Waals surface area contributed by atoms with Crippen molar-refractivity contribution in [2.75, 3.05) is 5.32 Å². The zero-order chi connectivity index (χ0) is 15.4. The molecule has 1 N–H and O–H groups in total. The number of benzene rings is 1. The van der Waals surface area contributed by atoms with Crippen LogP contribution in [-0.2, 0) is 4.79 Å². The van der Waals surface area contributed by atoms with E-state index in [-0.39, 0.29) is 11.2 Å². The van der Waals surface area contributed by atoms with Gasteiger partial charge in [-0.1, -0.05) is 42.9 Å². The van der Waals surface area contributed by atoms with Crippen LogP contribution in [0.4, 0.5) is 5.13 Å². The second-order valence-electron chi connectivity index (χ2n) is 5.16. The Balaban J connectivity index is 1.94. The summed E-state index contributed by atoms with van der Waals surface area (Å²) in [5, 5.41) is 12.2. The van der Waals surface area contributed by atoms with Gasteiger partial charge in [0.2, 0.25) is 11.0 Å². The molecule has 0 bridgehead atoms. The van der Waals surface area contributed by atoms with Crippen molar-refractivity contribution < 1.29 is 4.79 Å². The molecule has 6 heteroatoms. The van der Waals surface area contributed by atoms with Crippen LogP contribution in [0.3, 0.4) is 0 Å². The number of aryl methyl sites for hydroxylation is 1. The van der Waals surface area contributed by atoms with E-state index in [0.29, 0.717) is 11.0 Å². The molecule has 1 amide bonds. The van der Waals surface area contributed by atoms with Crippen molar-refractivity contribution >= 4 is 34.1 Å². The second kappa shape index (κ2) is 7.04. The second-order valence-corrected chi connectivity index (χ2v) is 7.59. The van der Waals surface area contributed by atoms with Gasteiger partial charge in [0, 0.05) is 10.8 Å². The van der Waals surface area contributed by atoms with Crippen LogP contribution in [-0.4, -0.2) is 21.4 Å². The van der Waals surface area contributed by atoms with E-state index in [1.807, 2.05) is 38.1 Å². The average molecular weight is 321 g/mol. The molecule has 2 rings (SSSR count). The first-order chi connectivity index (χ1) is 9.95. The van der Waals surface area contributed by atoms with Crippen molar-refractivity contribution in [1.82, 2.24) is 10.2 Å². The number of hydrogen-bond donors (Lipinski definition) is 1. The zero-order valence-electron chi connectivity index (χ0n) is 12.6. The number of carbonyl (C=O) groups excluding carboxylic acids is 1. The van der Waals surface area contributed by atoms with Gasteiger partial charge in [0.25, 0.3) is 0 Å². The molecular weight excluding hydrogens is 302 g/mol. The van der Waals surface area contributed by atoms with E-state index in [1.54, 1.807) is 0 Å². The molecule has 0 saturated carbocycles. The molecule has 0 spiro atoms. The third kappa shape index (κ3) is 4.54. The van der Waals surface area contributed by atoms with Gasteiger partial charge < -0.3 is 0 Å². The Morgan fingerprint density at radius 1 is 1.19 bits per heavy atom. The van der Waals surface area contributed by atoms with Gasteiger partial charge in [-0.05, 0) is 26.0 Å². The Labute approximate surface area is 133 Å². The minimum atomic E-state index is -0.181. The lowest BCUT2D eigenvalue weighted by Crippen LogP contribution is -2.22. The summed E-state index contributed by atoms with van der Waals surface area (Å²) in [6.45, 7) is 8.06. The van der Waals surface area contributed by atoms with Crippen molar-refractivity contribution in [3.8, 4) is 0 Å². The summed E-state index contributed by atoms with van der Waals surface area (Å²) in [6, 6.07) is 8.16. The maximum absolute atomic E-state index is 12.2. The van der Waals surface area contributed by atoms with Crippen LogP contribution in [0.15, 0.2) is 29.2 Å². The summed E-state index contributed by atoms with van der Waals surface area (Å²) in [5.74, 6) is 0.277. The predicted octanol–water partition coefficient (Wildman–Crippen LogP) is 4.09. The Kier molecular flexibility index (Phi) is 5.36. The highest BCUT2D eigenvalue weighted by Crippen LogP contribution is 2.26. The SMILES string of the molecule is Cc1ccc(S[C@H](C)C(=O)Nc2nnc(C(C)C)s2)cc1. The van der Waals surface area contributed by atoms with E-state index in [1.165, 1.54) is 28.7 Å². The molecule has 0 aliphatic rings. The van der Waals surface area contributed by atoms with Crippen molar-refractivity contribution in [3.63, 3.8) is 0 Å². The van der Waals surface area contributed by atoms with Gasteiger partial charge in [-0.25, -0.2) is 0 Å². The highest BCUT2D eigenvalue weighted by Gasteiger charge is 2.17. The molecule has 1 heterocycles. The fourth-order valence-electron chi connectivity index (χ4n) is 1.60. The topological polar surface area (TPSA) is 54.9 Å². The summed E-state index contributed by atoms with van der Waals surface area (Å²) in [5.41, 5.74) is 1.21. The van der Waals surface area contributed by atoms with Crippen molar-refractivity contribution in [3.05, 3.63) is 34.8 Å². The van der Waals surface area contributed by atoms with Gasteiger partial charge in [0.1, 0.15) is 5.01 Å². The Hall–Kier alpha value is -1.40. The quantitative estimate of drug-likeness (QED) is 0.843. The van der Waals surface area contributed by atoms with Crippen LogP contribution in [0.1, 0.15) is 37.3 Å². The van der Waals surface area contributed by atoms with Gasteiger partial charge in [0.15, 0.2) is 0 Å². The zero-order valence-corrected chi connectivity index (χ0v) is 14.2. The third-order valence-corrected chi connectivity index (χ3v) is 5.12. The molecular formula is C15H19N3OS2. The maximum Gasteiger partial charge on any atom is 0.239 e. The summed E-state index contributed by atoms with van der Waals surface area (Å²) in [4.78, 5) is 13.3. The number of carbonyl (C=O) groups is 1. The van der Waals surface area contributed by atoms with Crippen LogP contribution in [0.25, 0.3) is 0 Å². The lowest BCUT2D eigenvalue weighted by atomic mass is 10.2. The standard InChI is InChI=1S/C15H19N3OS2/c1-9(2)14-17-18-15(21-14)16-13(19)11(4)20-12-7-5-10(3)6-8-12/h5-9,11H,1-4H3,(H,16,18,19)/t11-/m1/s1. The van der Waals surface area contributed by atoms with Crippen molar-refractivity contribution in [2.45, 2.75) is 43.8 Å². The highest BCUT2D eigenvalue weighted by atomic mass is 32.2. The van der Waals surface area contributed by atoms with Crippen LogP contribution in [0.2, 0.25) is 0 Å². The number of hydrogen-bond acceptors (Lipinski definition) is 5. The third-order valence-electron chi connectivity index (χ3n) is 2.87. The van der Waals surface area contributed by atoms with Gasteiger partial charge in [-0.3, -0.25) is 10.1 Å². The lowest BCUT2D eigenvalue weighted by Gasteiger charge is -2.10. The number of thioether (sulfide) groups is 1. The highest BCUT2D eigenvalue weighted by molar-refractivity contribution is 8.00. The molecule has 21 heavy (non-hydrogen) atoms. The smallest absolute Gasteiger partial charge is 0.239 e. The van der Waals surface area contributed by atoms with Gasteiger partial charge in [-0.15, -0.1) is 22.0 Å². The van der Waals surface area contributed by atoms with E-state index in [4.69, 9.17) is 0 Å². The van der Waals surface area contributed by atoms with Crippen LogP contribution < -0.4 is 5.32 Å². The molecule has 4 nitrogen and oxygen atoms in total. The van der Waals surface area contributed by atoms with E-state index in [0.717, 1.165) is 9.90 Å². The van der Waals surface area contributed by atoms with E-state index in [9.17, 15) is 4.79 Å². The minimum Gasteiger partial charge on any atom is -0.300 e. The molecule has 0 aliphatic carbocycles. The normalized spacial score (nSPS) is 12.4. The monoisotopic (exact) mass is 321 g/mol. The summed E-state index contributed by atoms with van der Waals surface area (Å²) in [6.07, 6.45) is 0. The number of nitrogens with zero attached hydrogens (tertiary/aromatic N) is 2. The molecule has 1 atom stereocenters. The Morgan fingerprint density at radius 3 is 2.43 bits per heavy atom. The largest absolute Gasteiger partial charge is 0.300 e. The molecule has 0 fully saturated rings. The van der Waals surface area contributed by atoms with Gasteiger partial charge >= 0.3 is 0 Å².